The standard InChI is InChI=1S/C5H8NO3P/c6-2-1-3-7-10-8-4-5-9-10/h1,3-5H2. The molecular formula is C5H8NO3P. The maximum absolute atomic E-state index is 8.14. The molecule has 0 N–H and O–H groups in total. The van der Waals surface area contributed by atoms with Crippen LogP contribution in [-0.4, -0.2) is 19.8 Å². The molecule has 0 saturated carbocycles. The maximum Gasteiger partial charge on any atom is 0.332 e. The van der Waals surface area contributed by atoms with Crippen molar-refractivity contribution in [1.29, 1.82) is 5.26 Å². The Balaban J connectivity index is 1.97. The van der Waals surface area contributed by atoms with Crippen LogP contribution in [0.1, 0.15) is 6.42 Å². The highest BCUT2D eigenvalue weighted by molar-refractivity contribution is 7.41. The van der Waals surface area contributed by atoms with E-state index in [1.807, 2.05) is 6.07 Å². The van der Waals surface area contributed by atoms with Crippen molar-refractivity contribution in [3.63, 3.8) is 0 Å². The first-order valence-electron chi connectivity index (χ1n) is 2.99. The van der Waals surface area contributed by atoms with Crippen LogP contribution in [0.4, 0.5) is 0 Å². The van der Waals surface area contributed by atoms with Crippen LogP contribution in [0.3, 0.4) is 0 Å². The molecule has 5 heteroatoms. The molecule has 0 bridgehead atoms. The molecule has 0 unspecified atom stereocenters. The van der Waals surface area contributed by atoms with Gasteiger partial charge in [-0.15, -0.1) is 0 Å². The molecule has 1 fully saturated rings. The molecule has 0 spiro atoms. The van der Waals surface area contributed by atoms with Crippen molar-refractivity contribution < 1.29 is 13.6 Å². The summed E-state index contributed by atoms with van der Waals surface area (Å²) in [5.74, 6) is 0. The summed E-state index contributed by atoms with van der Waals surface area (Å²) in [4.78, 5) is 0. The van der Waals surface area contributed by atoms with E-state index in [4.69, 9.17) is 18.8 Å². The van der Waals surface area contributed by atoms with Crippen molar-refractivity contribution in [3.05, 3.63) is 0 Å². The van der Waals surface area contributed by atoms with E-state index in [9.17, 15) is 0 Å². The van der Waals surface area contributed by atoms with Gasteiger partial charge in [-0.1, -0.05) is 0 Å². The predicted molar refractivity (Wildman–Crippen MR) is 35.0 cm³/mol. The van der Waals surface area contributed by atoms with Gasteiger partial charge in [-0.05, 0) is 0 Å². The van der Waals surface area contributed by atoms with Gasteiger partial charge in [0.2, 0.25) is 0 Å². The molecule has 0 radical (unpaired) electrons. The average molecular weight is 161 g/mol. The Bertz CT molecular complexity index is 129. The van der Waals surface area contributed by atoms with Gasteiger partial charge in [-0.25, -0.2) is 0 Å². The zero-order valence-electron chi connectivity index (χ0n) is 5.45. The molecule has 0 amide bonds. The van der Waals surface area contributed by atoms with E-state index < -0.39 is 8.60 Å². The highest BCUT2D eigenvalue weighted by Gasteiger charge is 2.17. The normalized spacial score (nSPS) is 19.1. The molecule has 1 saturated heterocycles. The fourth-order valence-corrected chi connectivity index (χ4v) is 1.41. The fraction of sp³-hybridized carbons (Fsp3) is 0.800. The fourth-order valence-electron chi connectivity index (χ4n) is 0.501. The van der Waals surface area contributed by atoms with E-state index in [2.05, 4.69) is 0 Å². The van der Waals surface area contributed by atoms with Gasteiger partial charge in [0.05, 0.1) is 32.3 Å². The summed E-state index contributed by atoms with van der Waals surface area (Å²) in [6, 6.07) is 1.97. The van der Waals surface area contributed by atoms with Gasteiger partial charge in [0.15, 0.2) is 0 Å². The molecule has 0 aromatic heterocycles. The van der Waals surface area contributed by atoms with Gasteiger partial charge in [0.1, 0.15) is 0 Å². The Labute approximate surface area is 60.7 Å². The van der Waals surface area contributed by atoms with Crippen molar-refractivity contribution in [2.45, 2.75) is 6.42 Å². The smallest absolute Gasteiger partial charge is 0.311 e. The highest BCUT2D eigenvalue weighted by atomic mass is 31.2. The van der Waals surface area contributed by atoms with Crippen LogP contribution in [0.2, 0.25) is 0 Å². The minimum Gasteiger partial charge on any atom is -0.311 e. The number of hydrogen-bond acceptors (Lipinski definition) is 4. The lowest BCUT2D eigenvalue weighted by atomic mass is 10.5. The SMILES string of the molecule is N#CCCOP1OCCO1. The average Bonchev–Trinajstić information content (AvgIpc) is 2.41. The molecule has 1 aliphatic heterocycles. The first-order valence-corrected chi connectivity index (χ1v) is 4.09. The minimum absolute atomic E-state index is 0.394. The zero-order chi connectivity index (χ0) is 7.23. The van der Waals surface area contributed by atoms with Gasteiger partial charge in [-0.2, -0.15) is 5.26 Å². The van der Waals surface area contributed by atoms with Gasteiger partial charge in [0, 0.05) is 0 Å². The molecule has 0 aliphatic carbocycles. The molecule has 0 atom stereocenters. The molecule has 1 heterocycles. The summed E-state index contributed by atoms with van der Waals surface area (Å²) in [5, 5.41) is 8.14. The first-order chi connectivity index (χ1) is 4.93. The van der Waals surface area contributed by atoms with Crippen LogP contribution >= 0.6 is 8.60 Å². The third kappa shape index (κ3) is 2.59. The van der Waals surface area contributed by atoms with Crippen LogP contribution in [0.15, 0.2) is 0 Å². The Hall–Kier alpha value is -0.200. The second kappa shape index (κ2) is 4.59. The van der Waals surface area contributed by atoms with Crippen molar-refractivity contribution in [1.82, 2.24) is 0 Å². The molecule has 1 rings (SSSR count). The van der Waals surface area contributed by atoms with Gasteiger partial charge in [-0.3, -0.25) is 0 Å². The minimum atomic E-state index is -1.11. The second-order valence-electron chi connectivity index (χ2n) is 1.63. The summed E-state index contributed by atoms with van der Waals surface area (Å²) >= 11 is 0. The van der Waals surface area contributed by atoms with E-state index in [-0.39, 0.29) is 0 Å². The van der Waals surface area contributed by atoms with Crippen molar-refractivity contribution in [2.75, 3.05) is 19.8 Å². The van der Waals surface area contributed by atoms with Crippen LogP contribution in [-0.2, 0) is 13.6 Å². The monoisotopic (exact) mass is 161 g/mol. The first kappa shape index (κ1) is 7.90. The summed E-state index contributed by atoms with van der Waals surface area (Å²) in [5.41, 5.74) is 0. The second-order valence-corrected chi connectivity index (χ2v) is 2.85. The van der Waals surface area contributed by atoms with E-state index >= 15 is 0 Å². The Morgan fingerprint density at radius 2 is 2.20 bits per heavy atom. The maximum atomic E-state index is 8.14. The number of rotatable bonds is 3. The molecule has 1 aliphatic rings. The van der Waals surface area contributed by atoms with Crippen LogP contribution in [0.25, 0.3) is 0 Å². The third-order valence-electron chi connectivity index (χ3n) is 0.887. The van der Waals surface area contributed by atoms with E-state index in [1.165, 1.54) is 0 Å². The highest BCUT2D eigenvalue weighted by Crippen LogP contribution is 2.43. The van der Waals surface area contributed by atoms with Crippen molar-refractivity contribution in [2.24, 2.45) is 0 Å². The van der Waals surface area contributed by atoms with Gasteiger partial charge in [0.25, 0.3) is 0 Å². The molecule has 56 valence electrons. The largest absolute Gasteiger partial charge is 0.332 e. The van der Waals surface area contributed by atoms with Gasteiger partial charge < -0.3 is 13.6 Å². The van der Waals surface area contributed by atoms with Crippen LogP contribution < -0.4 is 0 Å². The lowest BCUT2D eigenvalue weighted by molar-refractivity contribution is 0.253. The summed E-state index contributed by atoms with van der Waals surface area (Å²) in [7, 11) is -1.11. The Morgan fingerprint density at radius 1 is 1.50 bits per heavy atom. The lowest BCUT2D eigenvalue weighted by Crippen LogP contribution is -1.87. The molecule has 0 aromatic rings. The summed E-state index contributed by atoms with van der Waals surface area (Å²) in [6.07, 6.45) is 0.394. The van der Waals surface area contributed by atoms with E-state index in [0.717, 1.165) is 0 Å². The number of hydrogen-bond donors (Lipinski definition) is 0. The zero-order valence-corrected chi connectivity index (χ0v) is 6.34. The number of nitrogens with zero attached hydrogens (tertiary/aromatic N) is 1. The van der Waals surface area contributed by atoms with E-state index in [0.29, 0.717) is 26.2 Å². The van der Waals surface area contributed by atoms with Crippen molar-refractivity contribution >= 4 is 8.60 Å². The summed E-state index contributed by atoms with van der Waals surface area (Å²) in [6.45, 7) is 1.62. The van der Waals surface area contributed by atoms with Crippen LogP contribution in [0, 0.1) is 11.3 Å². The Kier molecular flexibility index (Phi) is 3.63. The van der Waals surface area contributed by atoms with Gasteiger partial charge >= 0.3 is 8.60 Å². The molecular weight excluding hydrogens is 153 g/mol. The van der Waals surface area contributed by atoms with E-state index in [1.54, 1.807) is 0 Å². The lowest BCUT2D eigenvalue weighted by Gasteiger charge is -2.04. The predicted octanol–water partition coefficient (Wildman–Crippen LogP) is 1.19. The van der Waals surface area contributed by atoms with Crippen molar-refractivity contribution in [3.8, 4) is 6.07 Å². The summed E-state index contributed by atoms with van der Waals surface area (Å²) < 4.78 is 15.1. The Morgan fingerprint density at radius 3 is 2.80 bits per heavy atom. The third-order valence-corrected chi connectivity index (χ3v) is 2.07. The topological polar surface area (TPSA) is 51.5 Å². The quantitative estimate of drug-likeness (QED) is 0.460. The number of nitriles is 1. The van der Waals surface area contributed by atoms with Crippen LogP contribution in [0.5, 0.6) is 0 Å². The molecule has 4 nitrogen and oxygen atoms in total. The molecule has 10 heavy (non-hydrogen) atoms. The molecule has 0 aromatic carbocycles.